The molecule has 0 radical (unpaired) electrons. The van der Waals surface area contributed by atoms with Crippen LogP contribution in [0, 0.1) is 11.3 Å². The van der Waals surface area contributed by atoms with E-state index in [1.54, 1.807) is 11.3 Å². The van der Waals surface area contributed by atoms with Gasteiger partial charge in [-0.3, -0.25) is 4.90 Å². The molecule has 0 unspecified atom stereocenters. The summed E-state index contributed by atoms with van der Waals surface area (Å²) >= 11 is 1.70. The highest BCUT2D eigenvalue weighted by Crippen LogP contribution is 2.19. The van der Waals surface area contributed by atoms with Crippen LogP contribution in [0.25, 0.3) is 0 Å². The Hall–Kier alpha value is -1.12. The van der Waals surface area contributed by atoms with Crippen LogP contribution in [0.4, 0.5) is 5.13 Å². The van der Waals surface area contributed by atoms with Gasteiger partial charge in [0, 0.05) is 37.1 Å². The minimum absolute atomic E-state index is 0.591. The van der Waals surface area contributed by atoms with Crippen molar-refractivity contribution in [3.05, 3.63) is 11.1 Å². The molecule has 0 atom stereocenters. The third-order valence-electron chi connectivity index (χ3n) is 2.45. The zero-order valence-electron chi connectivity index (χ0n) is 10.6. The Bertz CT molecular complexity index is 356. The molecule has 0 amide bonds. The first-order chi connectivity index (χ1) is 8.30. The molecular formula is C12H20N4S. The van der Waals surface area contributed by atoms with E-state index in [0.717, 1.165) is 37.7 Å². The van der Waals surface area contributed by atoms with Crippen LogP contribution in [0.15, 0.2) is 6.20 Å². The van der Waals surface area contributed by atoms with Gasteiger partial charge in [0.25, 0.3) is 0 Å². The van der Waals surface area contributed by atoms with Gasteiger partial charge in [-0.05, 0) is 13.0 Å². The Morgan fingerprint density at radius 1 is 1.53 bits per heavy atom. The molecule has 0 aromatic carbocycles. The van der Waals surface area contributed by atoms with Gasteiger partial charge in [-0.15, -0.1) is 11.3 Å². The van der Waals surface area contributed by atoms with Crippen molar-refractivity contribution >= 4 is 16.5 Å². The number of hydrogen-bond acceptors (Lipinski definition) is 5. The number of nitrogens with zero attached hydrogens (tertiary/aromatic N) is 3. The number of hydrogen-bond donors (Lipinski definition) is 1. The summed E-state index contributed by atoms with van der Waals surface area (Å²) in [6.07, 6.45) is 3.63. The van der Waals surface area contributed by atoms with E-state index in [1.165, 1.54) is 4.88 Å². The lowest BCUT2D eigenvalue weighted by molar-refractivity contribution is 0.289. The zero-order chi connectivity index (χ0) is 12.5. The average molecular weight is 252 g/mol. The number of rotatable bonds is 8. The second-order valence-electron chi connectivity index (χ2n) is 3.84. The first kappa shape index (κ1) is 13.9. The smallest absolute Gasteiger partial charge is 0.182 e. The molecule has 1 rings (SSSR count). The molecule has 0 aliphatic heterocycles. The number of thiazole rings is 1. The maximum atomic E-state index is 8.58. The highest BCUT2D eigenvalue weighted by atomic mass is 32.1. The van der Waals surface area contributed by atoms with Crippen LogP contribution in [0.2, 0.25) is 0 Å². The minimum atomic E-state index is 0.591. The first-order valence-corrected chi connectivity index (χ1v) is 6.89. The van der Waals surface area contributed by atoms with Crippen LogP contribution < -0.4 is 5.32 Å². The molecule has 5 heteroatoms. The summed E-state index contributed by atoms with van der Waals surface area (Å²) in [5, 5.41) is 12.9. The number of nitrogens with one attached hydrogen (secondary N) is 1. The lowest BCUT2D eigenvalue weighted by atomic mass is 10.4. The average Bonchev–Trinajstić information content (AvgIpc) is 2.79. The maximum Gasteiger partial charge on any atom is 0.182 e. The number of nitriles is 1. The van der Waals surface area contributed by atoms with Gasteiger partial charge in [0.2, 0.25) is 0 Å². The van der Waals surface area contributed by atoms with Gasteiger partial charge >= 0.3 is 0 Å². The van der Waals surface area contributed by atoms with Crippen LogP contribution in [0.1, 0.15) is 31.6 Å². The predicted octanol–water partition coefficient (Wildman–Crippen LogP) is 2.70. The molecule has 0 bridgehead atoms. The van der Waals surface area contributed by atoms with E-state index >= 15 is 0 Å². The highest BCUT2D eigenvalue weighted by Gasteiger charge is 2.06. The first-order valence-electron chi connectivity index (χ1n) is 6.08. The fraction of sp³-hybridized carbons (Fsp3) is 0.667. The molecule has 17 heavy (non-hydrogen) atoms. The fourth-order valence-electron chi connectivity index (χ4n) is 1.47. The Morgan fingerprint density at radius 2 is 2.35 bits per heavy atom. The molecule has 1 aromatic heterocycles. The third-order valence-corrected chi connectivity index (χ3v) is 3.39. The van der Waals surface area contributed by atoms with E-state index in [1.807, 2.05) is 6.20 Å². The largest absolute Gasteiger partial charge is 0.362 e. The van der Waals surface area contributed by atoms with Crippen molar-refractivity contribution in [2.75, 3.05) is 25.0 Å². The van der Waals surface area contributed by atoms with Crippen LogP contribution in [-0.4, -0.2) is 29.5 Å². The van der Waals surface area contributed by atoms with E-state index in [2.05, 4.69) is 35.1 Å². The Morgan fingerprint density at radius 3 is 3.00 bits per heavy atom. The molecule has 0 aliphatic rings. The summed E-state index contributed by atoms with van der Waals surface area (Å²) in [4.78, 5) is 7.85. The van der Waals surface area contributed by atoms with Gasteiger partial charge in [0.15, 0.2) is 5.13 Å². The second-order valence-corrected chi connectivity index (χ2v) is 4.95. The molecular weight excluding hydrogens is 232 g/mol. The maximum absolute atomic E-state index is 8.58. The van der Waals surface area contributed by atoms with Crippen molar-refractivity contribution in [2.45, 2.75) is 33.2 Å². The fourth-order valence-corrected chi connectivity index (χ4v) is 2.35. The van der Waals surface area contributed by atoms with Crippen molar-refractivity contribution in [2.24, 2.45) is 0 Å². The summed E-state index contributed by atoms with van der Waals surface area (Å²) < 4.78 is 0. The lowest BCUT2D eigenvalue weighted by Crippen LogP contribution is -2.23. The number of aromatic nitrogens is 1. The van der Waals surface area contributed by atoms with Crippen molar-refractivity contribution in [1.82, 2.24) is 9.88 Å². The SMILES string of the molecule is CCCNc1ncc(CN(CC)CCC#N)s1. The van der Waals surface area contributed by atoms with Gasteiger partial charge in [0.05, 0.1) is 6.07 Å². The van der Waals surface area contributed by atoms with Gasteiger partial charge in [0.1, 0.15) is 0 Å². The molecule has 1 heterocycles. The summed E-state index contributed by atoms with van der Waals surface area (Å²) in [7, 11) is 0. The van der Waals surface area contributed by atoms with Gasteiger partial charge in [-0.25, -0.2) is 4.98 Å². The Kier molecular flexibility index (Phi) is 6.60. The monoisotopic (exact) mass is 252 g/mol. The molecule has 0 aliphatic carbocycles. The Balaban J connectivity index is 2.43. The summed E-state index contributed by atoms with van der Waals surface area (Å²) in [5.41, 5.74) is 0. The van der Waals surface area contributed by atoms with Crippen molar-refractivity contribution < 1.29 is 0 Å². The predicted molar refractivity (Wildman–Crippen MR) is 72.1 cm³/mol. The molecule has 1 aromatic rings. The zero-order valence-corrected chi connectivity index (χ0v) is 11.4. The van der Waals surface area contributed by atoms with Gasteiger partial charge < -0.3 is 5.32 Å². The van der Waals surface area contributed by atoms with E-state index in [4.69, 9.17) is 5.26 Å². The van der Waals surface area contributed by atoms with E-state index < -0.39 is 0 Å². The third kappa shape index (κ3) is 5.16. The molecule has 0 spiro atoms. The number of anilines is 1. The Labute approximate surface area is 107 Å². The van der Waals surface area contributed by atoms with Crippen molar-refractivity contribution in [3.8, 4) is 6.07 Å². The van der Waals surface area contributed by atoms with E-state index in [0.29, 0.717) is 6.42 Å². The van der Waals surface area contributed by atoms with Crippen LogP contribution in [0.5, 0.6) is 0 Å². The van der Waals surface area contributed by atoms with E-state index in [-0.39, 0.29) is 0 Å². The molecule has 0 fully saturated rings. The molecule has 0 saturated heterocycles. The quantitative estimate of drug-likeness (QED) is 0.773. The van der Waals surface area contributed by atoms with E-state index in [9.17, 15) is 0 Å². The molecule has 1 N–H and O–H groups in total. The van der Waals surface area contributed by atoms with Crippen LogP contribution in [0.3, 0.4) is 0 Å². The molecule has 4 nitrogen and oxygen atoms in total. The van der Waals surface area contributed by atoms with Gasteiger partial charge in [-0.2, -0.15) is 5.26 Å². The molecule has 0 saturated carbocycles. The topological polar surface area (TPSA) is 52.0 Å². The second kappa shape index (κ2) is 8.04. The van der Waals surface area contributed by atoms with Crippen molar-refractivity contribution in [3.63, 3.8) is 0 Å². The minimum Gasteiger partial charge on any atom is -0.362 e. The highest BCUT2D eigenvalue weighted by molar-refractivity contribution is 7.15. The summed E-state index contributed by atoms with van der Waals surface area (Å²) in [6, 6.07) is 2.19. The van der Waals surface area contributed by atoms with Crippen LogP contribution in [-0.2, 0) is 6.54 Å². The summed E-state index contributed by atoms with van der Waals surface area (Å²) in [6.45, 7) is 7.93. The van der Waals surface area contributed by atoms with Crippen molar-refractivity contribution in [1.29, 1.82) is 5.26 Å². The lowest BCUT2D eigenvalue weighted by Gasteiger charge is -2.17. The van der Waals surface area contributed by atoms with Crippen LogP contribution >= 0.6 is 11.3 Å². The van der Waals surface area contributed by atoms with Gasteiger partial charge in [-0.1, -0.05) is 13.8 Å². The summed E-state index contributed by atoms with van der Waals surface area (Å²) in [5.74, 6) is 0. The molecule has 94 valence electrons. The standard InChI is InChI=1S/C12H20N4S/c1-3-7-14-12-15-9-11(17-12)10-16(4-2)8-5-6-13/h9H,3-5,7-8,10H2,1-2H3,(H,14,15). The normalized spacial score (nSPS) is 10.5.